The van der Waals surface area contributed by atoms with Gasteiger partial charge >= 0.3 is 0 Å². The molecule has 2 aliphatic rings. The first-order valence-electron chi connectivity index (χ1n) is 8.53. The maximum Gasteiger partial charge on any atom is 0.108 e. The second kappa shape index (κ2) is 6.77. The van der Waals surface area contributed by atoms with Gasteiger partial charge in [0.1, 0.15) is 6.10 Å². The Kier molecular flexibility index (Phi) is 4.92. The molecular formula is C18H28N2O3. The molecular weight excluding hydrogens is 292 g/mol. The fourth-order valence-corrected chi connectivity index (χ4v) is 3.85. The lowest BCUT2D eigenvalue weighted by atomic mass is 9.79. The van der Waals surface area contributed by atoms with Crippen LogP contribution in [-0.2, 0) is 0 Å². The molecule has 1 unspecified atom stereocenters. The molecule has 0 aromatic heterocycles. The summed E-state index contributed by atoms with van der Waals surface area (Å²) in [7, 11) is 0. The Morgan fingerprint density at radius 1 is 1.00 bits per heavy atom. The van der Waals surface area contributed by atoms with Gasteiger partial charge in [-0.2, -0.15) is 0 Å². The largest absolute Gasteiger partial charge is 0.389 e. The summed E-state index contributed by atoms with van der Waals surface area (Å²) in [6.07, 6.45) is -0.544. The molecule has 5 heteroatoms. The van der Waals surface area contributed by atoms with E-state index < -0.39 is 18.3 Å². The molecule has 0 bridgehead atoms. The van der Waals surface area contributed by atoms with Gasteiger partial charge in [-0.25, -0.2) is 0 Å². The van der Waals surface area contributed by atoms with Gasteiger partial charge in [0, 0.05) is 38.4 Å². The molecule has 2 saturated heterocycles. The van der Waals surface area contributed by atoms with Gasteiger partial charge in [-0.05, 0) is 30.4 Å². The van der Waals surface area contributed by atoms with Crippen molar-refractivity contribution >= 4 is 5.69 Å². The molecule has 5 nitrogen and oxygen atoms in total. The Bertz CT molecular complexity index is 490. The van der Waals surface area contributed by atoms with Crippen molar-refractivity contribution in [1.82, 2.24) is 4.90 Å². The highest BCUT2D eigenvalue weighted by Gasteiger charge is 2.38. The fourth-order valence-electron chi connectivity index (χ4n) is 3.85. The average molecular weight is 320 g/mol. The highest BCUT2D eigenvalue weighted by molar-refractivity contribution is 5.46. The molecule has 128 valence electrons. The number of aliphatic hydroxyl groups excluding tert-OH is 3. The highest BCUT2D eigenvalue weighted by atomic mass is 16.4. The minimum atomic E-state index is -1.01. The van der Waals surface area contributed by atoms with Crippen LogP contribution >= 0.6 is 0 Å². The van der Waals surface area contributed by atoms with Crippen LogP contribution in [0.25, 0.3) is 0 Å². The van der Waals surface area contributed by atoms with Gasteiger partial charge in [-0.1, -0.05) is 25.1 Å². The van der Waals surface area contributed by atoms with Gasteiger partial charge in [0.25, 0.3) is 0 Å². The van der Waals surface area contributed by atoms with E-state index in [0.717, 1.165) is 32.5 Å². The van der Waals surface area contributed by atoms with Crippen LogP contribution in [0.5, 0.6) is 0 Å². The van der Waals surface area contributed by atoms with E-state index in [2.05, 4.69) is 41.0 Å². The monoisotopic (exact) mass is 320 g/mol. The Hall–Kier alpha value is -1.14. The lowest BCUT2D eigenvalue weighted by molar-refractivity contribution is -0.115. The first kappa shape index (κ1) is 16.7. The van der Waals surface area contributed by atoms with Crippen LogP contribution in [0, 0.1) is 5.41 Å². The molecule has 2 fully saturated rings. The van der Waals surface area contributed by atoms with Crippen LogP contribution in [0.2, 0.25) is 0 Å². The number of piperidine rings is 2. The SMILES string of the molecule is CC1(CN2C[C@@H](O)C(O)[C@@H](O)C2)CCN(c2ccccc2)CC1. The number of likely N-dealkylation sites (tertiary alicyclic amines) is 1. The molecule has 0 saturated carbocycles. The number of nitrogens with zero attached hydrogens (tertiary/aromatic N) is 2. The number of hydrogen-bond acceptors (Lipinski definition) is 5. The lowest BCUT2D eigenvalue weighted by Crippen LogP contribution is -2.57. The molecule has 0 aliphatic carbocycles. The molecule has 3 rings (SSSR count). The molecule has 2 heterocycles. The molecule has 2 aliphatic heterocycles. The third kappa shape index (κ3) is 3.86. The maximum absolute atomic E-state index is 9.86. The van der Waals surface area contributed by atoms with Crippen LogP contribution in [-0.4, -0.2) is 71.3 Å². The normalized spacial score (nSPS) is 32.0. The first-order valence-corrected chi connectivity index (χ1v) is 8.53. The second-order valence-electron chi connectivity index (χ2n) is 7.45. The maximum atomic E-state index is 9.86. The van der Waals surface area contributed by atoms with E-state index in [4.69, 9.17) is 0 Å². The first-order chi connectivity index (χ1) is 11.0. The smallest absolute Gasteiger partial charge is 0.108 e. The van der Waals surface area contributed by atoms with Crippen molar-refractivity contribution in [3.8, 4) is 0 Å². The molecule has 3 N–H and O–H groups in total. The van der Waals surface area contributed by atoms with Gasteiger partial charge in [-0.3, -0.25) is 4.90 Å². The van der Waals surface area contributed by atoms with Gasteiger partial charge in [0.15, 0.2) is 0 Å². The van der Waals surface area contributed by atoms with Gasteiger partial charge in [0.05, 0.1) is 12.2 Å². The van der Waals surface area contributed by atoms with E-state index in [1.165, 1.54) is 5.69 Å². The van der Waals surface area contributed by atoms with E-state index in [0.29, 0.717) is 13.1 Å². The van der Waals surface area contributed by atoms with Crippen molar-refractivity contribution in [3.05, 3.63) is 30.3 Å². The predicted octanol–water partition coefficient (Wildman–Crippen LogP) is 0.691. The summed E-state index contributed by atoms with van der Waals surface area (Å²) in [5, 5.41) is 29.4. The Morgan fingerprint density at radius 2 is 1.57 bits per heavy atom. The van der Waals surface area contributed by atoms with Crippen molar-refractivity contribution in [3.63, 3.8) is 0 Å². The zero-order valence-corrected chi connectivity index (χ0v) is 13.8. The predicted molar refractivity (Wildman–Crippen MR) is 90.5 cm³/mol. The quantitative estimate of drug-likeness (QED) is 0.765. The Morgan fingerprint density at radius 3 is 2.13 bits per heavy atom. The minimum absolute atomic E-state index is 0.188. The van der Waals surface area contributed by atoms with Gasteiger partial charge < -0.3 is 20.2 Å². The van der Waals surface area contributed by atoms with Crippen molar-refractivity contribution in [2.75, 3.05) is 37.6 Å². The summed E-state index contributed by atoms with van der Waals surface area (Å²) in [5.41, 5.74) is 1.47. The van der Waals surface area contributed by atoms with Gasteiger partial charge in [-0.15, -0.1) is 0 Å². The summed E-state index contributed by atoms with van der Waals surface area (Å²) in [6, 6.07) is 10.5. The summed E-state index contributed by atoms with van der Waals surface area (Å²) in [6.45, 7) is 6.09. The van der Waals surface area contributed by atoms with Crippen LogP contribution < -0.4 is 4.90 Å². The standard InChI is InChI=1S/C18H28N2O3/c1-18(13-19-11-15(21)17(23)16(22)12-19)7-9-20(10-8-18)14-5-3-2-4-6-14/h2-6,15-17,21-23H,7-13H2,1H3/t15-,16+,17?. The molecule has 3 atom stereocenters. The zero-order valence-electron chi connectivity index (χ0n) is 13.8. The second-order valence-corrected chi connectivity index (χ2v) is 7.45. The van der Waals surface area contributed by atoms with E-state index in [9.17, 15) is 15.3 Å². The van der Waals surface area contributed by atoms with Crippen molar-refractivity contribution in [2.45, 2.75) is 38.1 Å². The number of para-hydroxylation sites is 1. The van der Waals surface area contributed by atoms with Crippen LogP contribution in [0.1, 0.15) is 19.8 Å². The van der Waals surface area contributed by atoms with Gasteiger partial charge in [0.2, 0.25) is 0 Å². The van der Waals surface area contributed by atoms with E-state index in [1.807, 2.05) is 6.07 Å². The third-order valence-electron chi connectivity index (χ3n) is 5.38. The van der Waals surface area contributed by atoms with Crippen LogP contribution in [0.15, 0.2) is 30.3 Å². The van der Waals surface area contributed by atoms with E-state index >= 15 is 0 Å². The molecule has 0 radical (unpaired) electrons. The third-order valence-corrected chi connectivity index (χ3v) is 5.38. The van der Waals surface area contributed by atoms with E-state index in [1.54, 1.807) is 0 Å². The summed E-state index contributed by atoms with van der Waals surface area (Å²) >= 11 is 0. The highest BCUT2D eigenvalue weighted by Crippen LogP contribution is 2.34. The van der Waals surface area contributed by atoms with Crippen molar-refractivity contribution in [1.29, 1.82) is 0 Å². The van der Waals surface area contributed by atoms with Crippen molar-refractivity contribution < 1.29 is 15.3 Å². The minimum Gasteiger partial charge on any atom is -0.389 e. The summed E-state index contributed by atoms with van der Waals surface area (Å²) in [4.78, 5) is 4.52. The number of hydrogen-bond donors (Lipinski definition) is 3. The number of benzene rings is 1. The lowest BCUT2D eigenvalue weighted by Gasteiger charge is -2.45. The molecule has 0 amide bonds. The van der Waals surface area contributed by atoms with Crippen LogP contribution in [0.4, 0.5) is 5.69 Å². The summed E-state index contributed by atoms with van der Waals surface area (Å²) in [5.74, 6) is 0. The number of aliphatic hydroxyl groups is 3. The summed E-state index contributed by atoms with van der Waals surface area (Å²) < 4.78 is 0. The topological polar surface area (TPSA) is 67.2 Å². The zero-order chi connectivity index (χ0) is 16.4. The van der Waals surface area contributed by atoms with E-state index in [-0.39, 0.29) is 5.41 Å². The van der Waals surface area contributed by atoms with Crippen LogP contribution in [0.3, 0.4) is 0 Å². The molecule has 1 aromatic rings. The number of β-amino-alcohol motifs (C(OH)–C–C–N with tert-alkyl or cyclic N) is 2. The van der Waals surface area contributed by atoms with Crippen molar-refractivity contribution in [2.24, 2.45) is 5.41 Å². The number of anilines is 1. The molecule has 23 heavy (non-hydrogen) atoms. The molecule has 1 aromatic carbocycles. The fraction of sp³-hybridized carbons (Fsp3) is 0.667. The Labute approximate surface area is 138 Å². The number of rotatable bonds is 3. The molecule has 0 spiro atoms. The Balaban J connectivity index is 1.55. The average Bonchev–Trinajstić information content (AvgIpc) is 2.54.